The summed E-state index contributed by atoms with van der Waals surface area (Å²) in [5.74, 6) is -0.864. The van der Waals surface area contributed by atoms with Gasteiger partial charge in [-0.05, 0) is 43.2 Å². The van der Waals surface area contributed by atoms with Crippen LogP contribution in [0.5, 0.6) is 0 Å². The van der Waals surface area contributed by atoms with Gasteiger partial charge in [-0.3, -0.25) is 14.6 Å². The van der Waals surface area contributed by atoms with Crippen molar-refractivity contribution in [3.05, 3.63) is 82.8 Å². The van der Waals surface area contributed by atoms with E-state index in [9.17, 15) is 14.0 Å². The Morgan fingerprint density at radius 2 is 1.80 bits per heavy atom. The highest BCUT2D eigenvalue weighted by Gasteiger charge is 2.28. The van der Waals surface area contributed by atoms with Gasteiger partial charge in [0.05, 0.1) is 35.6 Å². The SMILES string of the molecule is Cc1nc2cc(F)ccc2cc1C(=O)Nc1sc(-c2ccccc2)c(C)c1C(=O)N1CCOCC1. The minimum atomic E-state index is -0.379. The van der Waals surface area contributed by atoms with Crippen molar-refractivity contribution >= 4 is 39.1 Å². The lowest BCUT2D eigenvalue weighted by molar-refractivity contribution is 0.0303. The summed E-state index contributed by atoms with van der Waals surface area (Å²) >= 11 is 1.39. The molecule has 3 heterocycles. The first kappa shape index (κ1) is 23.1. The summed E-state index contributed by atoms with van der Waals surface area (Å²) in [5, 5.41) is 4.15. The van der Waals surface area contributed by atoms with Gasteiger partial charge in [0.1, 0.15) is 10.8 Å². The zero-order valence-electron chi connectivity index (χ0n) is 19.4. The Hall–Kier alpha value is -3.62. The largest absolute Gasteiger partial charge is 0.378 e. The van der Waals surface area contributed by atoms with Crippen LogP contribution in [0.2, 0.25) is 0 Å². The van der Waals surface area contributed by atoms with Crippen molar-refractivity contribution in [1.82, 2.24) is 9.88 Å². The normalized spacial score (nSPS) is 13.7. The molecular formula is C27H24FN3O3S. The number of halogens is 1. The number of aromatic nitrogens is 1. The molecule has 178 valence electrons. The van der Waals surface area contributed by atoms with Crippen molar-refractivity contribution < 1.29 is 18.7 Å². The van der Waals surface area contributed by atoms with Crippen LogP contribution in [-0.2, 0) is 4.74 Å². The third-order valence-corrected chi connectivity index (χ3v) is 7.39. The number of morpholine rings is 1. The first-order valence-corrected chi connectivity index (χ1v) is 12.2. The third kappa shape index (κ3) is 4.54. The van der Waals surface area contributed by atoms with E-state index >= 15 is 0 Å². The topological polar surface area (TPSA) is 71.5 Å². The van der Waals surface area contributed by atoms with Gasteiger partial charge in [0.25, 0.3) is 11.8 Å². The number of nitrogens with zero attached hydrogens (tertiary/aromatic N) is 2. The lowest BCUT2D eigenvalue weighted by atomic mass is 10.1. The molecule has 2 aromatic heterocycles. The Morgan fingerprint density at radius 3 is 2.54 bits per heavy atom. The maximum absolute atomic E-state index is 13.6. The van der Waals surface area contributed by atoms with Crippen LogP contribution in [0.15, 0.2) is 54.6 Å². The van der Waals surface area contributed by atoms with Gasteiger partial charge >= 0.3 is 0 Å². The fourth-order valence-electron chi connectivity index (χ4n) is 4.29. The van der Waals surface area contributed by atoms with E-state index < -0.39 is 0 Å². The molecule has 1 N–H and O–H groups in total. The summed E-state index contributed by atoms with van der Waals surface area (Å²) in [6.07, 6.45) is 0. The Bertz CT molecular complexity index is 1430. The molecule has 35 heavy (non-hydrogen) atoms. The van der Waals surface area contributed by atoms with Gasteiger partial charge in [-0.1, -0.05) is 30.3 Å². The minimum absolute atomic E-state index is 0.122. The molecule has 1 aliphatic heterocycles. The van der Waals surface area contributed by atoms with Gasteiger partial charge in [-0.25, -0.2) is 4.39 Å². The fraction of sp³-hybridized carbons (Fsp3) is 0.222. The summed E-state index contributed by atoms with van der Waals surface area (Å²) in [5.41, 5.74) is 3.66. The number of carbonyl (C=O) groups is 2. The molecule has 1 fully saturated rings. The van der Waals surface area contributed by atoms with Crippen LogP contribution in [0.4, 0.5) is 9.39 Å². The number of fused-ring (bicyclic) bond motifs is 1. The Labute approximate surface area is 206 Å². The van der Waals surface area contributed by atoms with Crippen LogP contribution in [0.3, 0.4) is 0 Å². The number of anilines is 1. The molecule has 0 aliphatic carbocycles. The second-order valence-electron chi connectivity index (χ2n) is 8.44. The highest BCUT2D eigenvalue weighted by Crippen LogP contribution is 2.41. The molecule has 2 amide bonds. The molecule has 0 spiro atoms. The van der Waals surface area contributed by atoms with Crippen LogP contribution in [0.1, 0.15) is 32.0 Å². The fourth-order valence-corrected chi connectivity index (χ4v) is 5.48. The van der Waals surface area contributed by atoms with E-state index in [4.69, 9.17) is 4.74 Å². The van der Waals surface area contributed by atoms with E-state index in [0.717, 1.165) is 16.0 Å². The quantitative estimate of drug-likeness (QED) is 0.414. The number of hydrogen-bond donors (Lipinski definition) is 1. The van der Waals surface area contributed by atoms with Crippen molar-refractivity contribution in [2.75, 3.05) is 31.6 Å². The predicted octanol–water partition coefficient (Wildman–Crippen LogP) is 5.44. The monoisotopic (exact) mass is 489 g/mol. The Balaban J connectivity index is 1.55. The smallest absolute Gasteiger partial charge is 0.258 e. The second-order valence-corrected chi connectivity index (χ2v) is 9.46. The van der Waals surface area contributed by atoms with Crippen LogP contribution in [0, 0.1) is 19.7 Å². The molecule has 0 radical (unpaired) electrons. The van der Waals surface area contributed by atoms with E-state index in [1.165, 1.54) is 23.5 Å². The van der Waals surface area contributed by atoms with Gasteiger partial charge in [0.2, 0.25) is 0 Å². The summed E-state index contributed by atoms with van der Waals surface area (Å²) in [4.78, 5) is 34.1. The predicted molar refractivity (Wildman–Crippen MR) is 136 cm³/mol. The summed E-state index contributed by atoms with van der Waals surface area (Å²) < 4.78 is 19.0. The summed E-state index contributed by atoms with van der Waals surface area (Å²) in [6.45, 7) is 5.63. The maximum atomic E-state index is 13.6. The zero-order chi connectivity index (χ0) is 24.5. The van der Waals surface area contributed by atoms with Crippen molar-refractivity contribution in [2.24, 2.45) is 0 Å². The molecule has 0 saturated carbocycles. The first-order valence-electron chi connectivity index (χ1n) is 11.4. The molecule has 8 heteroatoms. The van der Waals surface area contributed by atoms with Crippen LogP contribution in [0.25, 0.3) is 21.3 Å². The number of thiophene rings is 1. The summed E-state index contributed by atoms with van der Waals surface area (Å²) in [6, 6.07) is 15.8. The van der Waals surface area contributed by atoms with Crippen molar-refractivity contribution in [3.63, 3.8) is 0 Å². The Morgan fingerprint density at radius 1 is 1.06 bits per heavy atom. The number of carbonyl (C=O) groups excluding carboxylic acids is 2. The highest BCUT2D eigenvalue weighted by atomic mass is 32.1. The number of benzene rings is 2. The number of rotatable bonds is 4. The number of nitrogens with one attached hydrogen (secondary N) is 1. The highest BCUT2D eigenvalue weighted by molar-refractivity contribution is 7.20. The number of ether oxygens (including phenoxy) is 1. The molecule has 2 aromatic carbocycles. The Kier molecular flexibility index (Phi) is 6.32. The zero-order valence-corrected chi connectivity index (χ0v) is 20.2. The van der Waals surface area contributed by atoms with Gasteiger partial charge in [-0.2, -0.15) is 0 Å². The summed E-state index contributed by atoms with van der Waals surface area (Å²) in [7, 11) is 0. The van der Waals surface area contributed by atoms with Gasteiger partial charge in [0.15, 0.2) is 0 Å². The van der Waals surface area contributed by atoms with Crippen LogP contribution >= 0.6 is 11.3 Å². The third-order valence-electron chi connectivity index (χ3n) is 6.14. The standard InChI is InChI=1S/C27H24FN3O3S/c1-16-23(27(33)31-10-12-34-13-11-31)26(35-24(16)18-6-4-3-5-7-18)30-25(32)21-14-19-8-9-20(28)15-22(19)29-17(21)2/h3-9,14-15H,10-13H2,1-2H3,(H,30,32). The molecular weight excluding hydrogens is 465 g/mol. The van der Waals surface area contributed by atoms with E-state index in [1.807, 2.05) is 37.3 Å². The molecule has 1 aliphatic rings. The van der Waals surface area contributed by atoms with Gasteiger partial charge < -0.3 is 15.0 Å². The van der Waals surface area contributed by atoms with Crippen LogP contribution in [-0.4, -0.2) is 48.0 Å². The lowest BCUT2D eigenvalue weighted by Crippen LogP contribution is -2.41. The number of aryl methyl sites for hydroxylation is 1. The van der Waals surface area contributed by atoms with Crippen molar-refractivity contribution in [3.8, 4) is 10.4 Å². The molecule has 0 bridgehead atoms. The van der Waals surface area contributed by atoms with E-state index in [1.54, 1.807) is 24.0 Å². The molecule has 1 saturated heterocycles. The number of pyridine rings is 1. The van der Waals surface area contributed by atoms with Gasteiger partial charge in [0, 0.05) is 29.4 Å². The average molecular weight is 490 g/mol. The molecule has 6 nitrogen and oxygen atoms in total. The first-order chi connectivity index (χ1) is 16.9. The number of amides is 2. The molecule has 5 rings (SSSR count). The minimum Gasteiger partial charge on any atom is -0.378 e. The molecule has 0 atom stereocenters. The van der Waals surface area contributed by atoms with Gasteiger partial charge in [-0.15, -0.1) is 11.3 Å². The molecule has 4 aromatic rings. The van der Waals surface area contributed by atoms with Crippen LogP contribution < -0.4 is 5.32 Å². The number of hydrogen-bond acceptors (Lipinski definition) is 5. The van der Waals surface area contributed by atoms with Crippen molar-refractivity contribution in [1.29, 1.82) is 0 Å². The lowest BCUT2D eigenvalue weighted by Gasteiger charge is -2.27. The van der Waals surface area contributed by atoms with E-state index in [-0.39, 0.29) is 17.6 Å². The van der Waals surface area contributed by atoms with E-state index in [0.29, 0.717) is 59.0 Å². The van der Waals surface area contributed by atoms with E-state index in [2.05, 4.69) is 10.3 Å². The second kappa shape index (κ2) is 9.56. The van der Waals surface area contributed by atoms with Crippen molar-refractivity contribution in [2.45, 2.75) is 13.8 Å². The molecule has 0 unspecified atom stereocenters. The maximum Gasteiger partial charge on any atom is 0.258 e. The average Bonchev–Trinajstić information content (AvgIpc) is 3.19.